The molecular formula is C25H26FN4O-. The lowest BCUT2D eigenvalue weighted by Crippen LogP contribution is -2.12. The van der Waals surface area contributed by atoms with Crippen LogP contribution in [0.3, 0.4) is 0 Å². The SMILES string of the molecule is CC=C1C(C)=C(CCC2(COC)CC2)[N-]c2c(-c3cnc4ccc(F)cc4c3)cnn21. The van der Waals surface area contributed by atoms with E-state index in [1.165, 1.54) is 25.0 Å². The maximum atomic E-state index is 13.7. The number of ether oxygens (including phenoxy) is 1. The van der Waals surface area contributed by atoms with Gasteiger partial charge in [0.25, 0.3) is 0 Å². The summed E-state index contributed by atoms with van der Waals surface area (Å²) < 4.78 is 21.1. The van der Waals surface area contributed by atoms with E-state index in [9.17, 15) is 4.39 Å². The predicted molar refractivity (Wildman–Crippen MR) is 121 cm³/mol. The minimum absolute atomic E-state index is 0.268. The van der Waals surface area contributed by atoms with E-state index in [1.807, 2.05) is 30.1 Å². The fourth-order valence-corrected chi connectivity index (χ4v) is 4.51. The van der Waals surface area contributed by atoms with Crippen LogP contribution in [0.25, 0.3) is 33.0 Å². The van der Waals surface area contributed by atoms with Crippen molar-refractivity contribution in [2.24, 2.45) is 5.41 Å². The third-order valence-corrected chi connectivity index (χ3v) is 6.56. The van der Waals surface area contributed by atoms with Crippen molar-refractivity contribution in [1.82, 2.24) is 14.8 Å². The number of hydrogen-bond acceptors (Lipinski definition) is 3. The molecule has 160 valence electrons. The van der Waals surface area contributed by atoms with Gasteiger partial charge in [-0.1, -0.05) is 11.8 Å². The van der Waals surface area contributed by atoms with Crippen molar-refractivity contribution < 1.29 is 9.13 Å². The van der Waals surface area contributed by atoms with Crippen LogP contribution in [0.4, 0.5) is 10.2 Å². The second-order valence-electron chi connectivity index (χ2n) is 8.65. The predicted octanol–water partition coefficient (Wildman–Crippen LogP) is 6.60. The molecule has 0 bridgehead atoms. The Morgan fingerprint density at radius 1 is 1.26 bits per heavy atom. The number of benzene rings is 1. The second-order valence-corrected chi connectivity index (χ2v) is 8.65. The van der Waals surface area contributed by atoms with Crippen LogP contribution in [-0.2, 0) is 4.74 Å². The Labute approximate surface area is 181 Å². The molecule has 2 aromatic heterocycles. The van der Waals surface area contributed by atoms with Gasteiger partial charge in [-0.3, -0.25) is 10.1 Å². The van der Waals surface area contributed by atoms with Crippen molar-refractivity contribution in [2.75, 3.05) is 13.7 Å². The highest BCUT2D eigenvalue weighted by Crippen LogP contribution is 2.52. The maximum Gasteiger partial charge on any atom is 0.123 e. The summed E-state index contributed by atoms with van der Waals surface area (Å²) in [5, 5.41) is 10.4. The summed E-state index contributed by atoms with van der Waals surface area (Å²) in [6.07, 6.45) is 10.2. The molecule has 5 nitrogen and oxygen atoms in total. The van der Waals surface area contributed by atoms with Crippen molar-refractivity contribution in [2.45, 2.75) is 39.5 Å². The second kappa shape index (κ2) is 7.61. The molecule has 3 heterocycles. The number of halogens is 1. The van der Waals surface area contributed by atoms with Crippen molar-refractivity contribution in [3.63, 3.8) is 0 Å². The fourth-order valence-electron chi connectivity index (χ4n) is 4.51. The normalized spacial score (nSPS) is 18.4. The summed E-state index contributed by atoms with van der Waals surface area (Å²) in [6, 6.07) is 6.59. The van der Waals surface area contributed by atoms with Crippen LogP contribution in [-0.4, -0.2) is 28.5 Å². The highest BCUT2D eigenvalue weighted by molar-refractivity contribution is 5.90. The summed E-state index contributed by atoms with van der Waals surface area (Å²) in [6.45, 7) is 4.97. The Morgan fingerprint density at radius 3 is 2.84 bits per heavy atom. The first-order valence-electron chi connectivity index (χ1n) is 10.7. The Bertz CT molecular complexity index is 1220. The summed E-state index contributed by atoms with van der Waals surface area (Å²) in [5.41, 5.74) is 6.20. The number of methoxy groups -OCH3 is 1. The zero-order valence-electron chi connectivity index (χ0n) is 18.2. The van der Waals surface area contributed by atoms with Crippen LogP contribution in [0.1, 0.15) is 39.5 Å². The molecule has 1 aromatic carbocycles. The average molecular weight is 418 g/mol. The van der Waals surface area contributed by atoms with Gasteiger partial charge in [0.15, 0.2) is 0 Å². The molecule has 3 aromatic rings. The number of fused-ring (bicyclic) bond motifs is 2. The number of hydrogen-bond donors (Lipinski definition) is 0. The molecule has 1 fully saturated rings. The zero-order chi connectivity index (χ0) is 21.6. The molecule has 1 aliphatic heterocycles. The Kier molecular flexibility index (Phi) is 4.89. The number of rotatable bonds is 6. The van der Waals surface area contributed by atoms with Gasteiger partial charge >= 0.3 is 0 Å². The third kappa shape index (κ3) is 3.55. The van der Waals surface area contributed by atoms with Crippen LogP contribution >= 0.6 is 0 Å². The molecule has 1 saturated carbocycles. The molecular weight excluding hydrogens is 391 g/mol. The number of pyridine rings is 1. The van der Waals surface area contributed by atoms with Crippen molar-refractivity contribution in [3.05, 3.63) is 65.1 Å². The molecule has 0 N–H and O–H groups in total. The smallest absolute Gasteiger partial charge is 0.123 e. The molecule has 5 rings (SSSR count). The lowest BCUT2D eigenvalue weighted by molar-refractivity contribution is 0.136. The molecule has 0 amide bonds. The molecule has 0 saturated heterocycles. The first-order chi connectivity index (χ1) is 15.0. The average Bonchev–Trinajstić information content (AvgIpc) is 3.41. The summed E-state index contributed by atoms with van der Waals surface area (Å²) in [5.74, 6) is 0.540. The quantitative estimate of drug-likeness (QED) is 0.454. The molecule has 1 aliphatic carbocycles. The molecule has 0 atom stereocenters. The Balaban J connectivity index is 1.49. The molecule has 6 heteroatoms. The first kappa shape index (κ1) is 19.9. The van der Waals surface area contributed by atoms with E-state index >= 15 is 0 Å². The van der Waals surface area contributed by atoms with Crippen molar-refractivity contribution >= 4 is 22.4 Å². The van der Waals surface area contributed by atoms with Gasteiger partial charge in [0, 0.05) is 36.0 Å². The van der Waals surface area contributed by atoms with E-state index in [2.05, 4.69) is 23.1 Å². The third-order valence-electron chi connectivity index (χ3n) is 6.56. The van der Waals surface area contributed by atoms with Gasteiger partial charge < -0.3 is 14.7 Å². The van der Waals surface area contributed by atoms with Crippen LogP contribution in [0, 0.1) is 11.2 Å². The van der Waals surface area contributed by atoms with Crippen molar-refractivity contribution in [3.8, 4) is 11.1 Å². The topological polar surface area (TPSA) is 54.0 Å². The molecule has 0 unspecified atom stereocenters. The summed E-state index contributed by atoms with van der Waals surface area (Å²) in [4.78, 5) is 4.51. The van der Waals surface area contributed by atoms with Gasteiger partial charge in [0.2, 0.25) is 0 Å². The Hall–Kier alpha value is -2.99. The molecule has 0 radical (unpaired) electrons. The van der Waals surface area contributed by atoms with Crippen molar-refractivity contribution in [1.29, 1.82) is 0 Å². The van der Waals surface area contributed by atoms with Crippen LogP contribution in [0.5, 0.6) is 0 Å². The van der Waals surface area contributed by atoms with Gasteiger partial charge in [0.05, 0.1) is 12.1 Å². The van der Waals surface area contributed by atoms with Gasteiger partial charge in [-0.15, -0.1) is 0 Å². The largest absolute Gasteiger partial charge is 0.438 e. The minimum atomic E-state index is -0.268. The van der Waals surface area contributed by atoms with Gasteiger partial charge in [-0.05, 0) is 86.3 Å². The number of aromatic nitrogens is 3. The molecule has 31 heavy (non-hydrogen) atoms. The Morgan fingerprint density at radius 2 is 2.10 bits per heavy atom. The zero-order valence-corrected chi connectivity index (χ0v) is 18.2. The van der Waals surface area contributed by atoms with E-state index in [0.717, 1.165) is 64.3 Å². The lowest BCUT2D eigenvalue weighted by atomic mass is 9.96. The van der Waals surface area contributed by atoms with Crippen LogP contribution in [0.2, 0.25) is 0 Å². The summed E-state index contributed by atoms with van der Waals surface area (Å²) >= 11 is 0. The minimum Gasteiger partial charge on any atom is -0.438 e. The fraction of sp³-hybridized carbons (Fsp3) is 0.360. The highest BCUT2D eigenvalue weighted by atomic mass is 19.1. The van der Waals surface area contributed by atoms with E-state index < -0.39 is 0 Å². The van der Waals surface area contributed by atoms with Gasteiger partial charge in [-0.25, -0.2) is 4.39 Å². The van der Waals surface area contributed by atoms with Gasteiger partial charge in [-0.2, -0.15) is 0 Å². The standard InChI is InChI=1S/C25H26FN4O/c1-4-23-16(2)21(7-8-25(9-10-25)15-31-3)29-24-20(14-28-30(23)24)18-11-17-12-19(26)5-6-22(17)27-13-18/h4-6,11-14H,7-10,15H2,1-3H3/q-1. The van der Waals surface area contributed by atoms with E-state index in [1.54, 1.807) is 13.2 Å². The monoisotopic (exact) mass is 417 g/mol. The van der Waals surface area contributed by atoms with Gasteiger partial charge in [0.1, 0.15) is 5.82 Å². The molecule has 0 spiro atoms. The van der Waals surface area contributed by atoms with Crippen LogP contribution < -0.4 is 0 Å². The van der Waals surface area contributed by atoms with E-state index in [-0.39, 0.29) is 5.82 Å². The maximum absolute atomic E-state index is 13.7. The lowest BCUT2D eigenvalue weighted by Gasteiger charge is -2.34. The van der Waals surface area contributed by atoms with Crippen LogP contribution in [0.15, 0.2) is 54.0 Å². The number of nitrogens with zero attached hydrogens (tertiary/aromatic N) is 4. The van der Waals surface area contributed by atoms with E-state index in [0.29, 0.717) is 5.41 Å². The molecule has 2 aliphatic rings. The summed E-state index contributed by atoms with van der Waals surface area (Å²) in [7, 11) is 1.78. The highest BCUT2D eigenvalue weighted by Gasteiger charge is 2.42. The van der Waals surface area contributed by atoms with E-state index in [4.69, 9.17) is 10.1 Å². The number of allylic oxidation sites excluding steroid dienone is 4. The first-order valence-corrected chi connectivity index (χ1v) is 10.7.